The fraction of sp³-hybridized carbons (Fsp3) is 0.409. The molecule has 5 nitrogen and oxygen atoms in total. The molecule has 1 aliphatic carbocycles. The first-order valence-electron chi connectivity index (χ1n) is 9.24. The van der Waals surface area contributed by atoms with Crippen LogP contribution < -0.4 is 14.8 Å². The molecule has 0 amide bonds. The maximum absolute atomic E-state index is 11.3. The summed E-state index contributed by atoms with van der Waals surface area (Å²) in [7, 11) is 3.49. The Hall–Kier alpha value is -2.53. The smallest absolute Gasteiger partial charge is 0.308 e. The minimum absolute atomic E-state index is 0.107. The zero-order valence-electron chi connectivity index (χ0n) is 16.6. The Morgan fingerprint density at radius 1 is 1.30 bits per heavy atom. The van der Waals surface area contributed by atoms with E-state index in [9.17, 15) is 4.79 Å². The molecule has 0 aliphatic heterocycles. The second-order valence-corrected chi connectivity index (χ2v) is 6.36. The number of methoxy groups -OCH3 is 1. The van der Waals surface area contributed by atoms with Gasteiger partial charge in [-0.2, -0.15) is 0 Å². The van der Waals surface area contributed by atoms with Crippen molar-refractivity contribution in [3.05, 3.63) is 59.4 Å². The van der Waals surface area contributed by atoms with Crippen molar-refractivity contribution in [2.24, 2.45) is 0 Å². The first-order valence-corrected chi connectivity index (χ1v) is 9.24. The Morgan fingerprint density at radius 2 is 2.11 bits per heavy atom. The molecule has 1 aromatic carbocycles. The van der Waals surface area contributed by atoms with Gasteiger partial charge in [0.1, 0.15) is 12.4 Å². The minimum Gasteiger partial charge on any atom is -0.493 e. The highest BCUT2D eigenvalue weighted by Crippen LogP contribution is 2.29. The van der Waals surface area contributed by atoms with Gasteiger partial charge in [-0.3, -0.25) is 4.79 Å². The van der Waals surface area contributed by atoms with E-state index >= 15 is 0 Å². The summed E-state index contributed by atoms with van der Waals surface area (Å²) in [6, 6.07) is 5.56. The first kappa shape index (κ1) is 20.8. The van der Waals surface area contributed by atoms with Crippen molar-refractivity contribution in [3.63, 3.8) is 0 Å². The first-order chi connectivity index (χ1) is 13.1. The molecule has 146 valence electrons. The topological polar surface area (TPSA) is 56.8 Å². The number of nitrogens with one attached hydrogen (secondary N) is 1. The summed E-state index contributed by atoms with van der Waals surface area (Å²) in [6.45, 7) is 3.72. The van der Waals surface area contributed by atoms with E-state index in [1.54, 1.807) is 19.2 Å². The summed E-state index contributed by atoms with van der Waals surface area (Å²) in [5.74, 6) is 1.42. The van der Waals surface area contributed by atoms with Gasteiger partial charge in [0, 0.05) is 6.92 Å². The van der Waals surface area contributed by atoms with Crippen molar-refractivity contribution in [2.75, 3.05) is 14.2 Å². The molecule has 0 saturated heterocycles. The van der Waals surface area contributed by atoms with E-state index in [0.717, 1.165) is 30.6 Å². The van der Waals surface area contributed by atoms with Gasteiger partial charge in [0.15, 0.2) is 11.5 Å². The van der Waals surface area contributed by atoms with Gasteiger partial charge in [0.25, 0.3) is 0 Å². The van der Waals surface area contributed by atoms with Gasteiger partial charge in [-0.1, -0.05) is 29.9 Å². The molecule has 0 aromatic heterocycles. The molecule has 0 heterocycles. The number of carbonyl (C=O) groups excluding carboxylic acids is 1. The van der Waals surface area contributed by atoms with Crippen LogP contribution in [0.25, 0.3) is 0 Å². The predicted octanol–water partition coefficient (Wildman–Crippen LogP) is 4.30. The van der Waals surface area contributed by atoms with Crippen LogP contribution in [-0.4, -0.2) is 26.2 Å². The molecular formula is C22H29NO4. The van der Waals surface area contributed by atoms with E-state index in [-0.39, 0.29) is 12.0 Å². The molecule has 0 fully saturated rings. The Bertz CT molecular complexity index is 734. The van der Waals surface area contributed by atoms with Crippen LogP contribution in [0.1, 0.15) is 38.7 Å². The van der Waals surface area contributed by atoms with E-state index in [1.807, 2.05) is 26.1 Å². The molecule has 0 saturated carbocycles. The van der Waals surface area contributed by atoms with Gasteiger partial charge in [0.2, 0.25) is 0 Å². The third-order valence-corrected chi connectivity index (χ3v) is 4.38. The highest BCUT2D eigenvalue weighted by Gasteiger charge is 2.16. The van der Waals surface area contributed by atoms with E-state index in [4.69, 9.17) is 14.2 Å². The van der Waals surface area contributed by atoms with E-state index in [0.29, 0.717) is 18.1 Å². The number of esters is 1. The van der Waals surface area contributed by atoms with Gasteiger partial charge >= 0.3 is 5.97 Å². The Labute approximate surface area is 161 Å². The van der Waals surface area contributed by atoms with Crippen molar-refractivity contribution in [3.8, 4) is 11.5 Å². The predicted molar refractivity (Wildman–Crippen MR) is 107 cm³/mol. The van der Waals surface area contributed by atoms with Crippen LogP contribution in [0.5, 0.6) is 11.5 Å². The molecule has 2 rings (SSSR count). The Kier molecular flexibility index (Phi) is 8.14. The quantitative estimate of drug-likeness (QED) is 0.399. The lowest BCUT2D eigenvalue weighted by Gasteiger charge is -2.22. The van der Waals surface area contributed by atoms with Crippen LogP contribution in [-0.2, 0) is 16.1 Å². The zero-order valence-corrected chi connectivity index (χ0v) is 16.6. The second-order valence-electron chi connectivity index (χ2n) is 6.36. The fourth-order valence-corrected chi connectivity index (χ4v) is 3.00. The van der Waals surface area contributed by atoms with Crippen LogP contribution in [0.3, 0.4) is 0 Å². The van der Waals surface area contributed by atoms with Crippen LogP contribution >= 0.6 is 0 Å². The number of allylic oxidation sites excluding steroid dienone is 4. The van der Waals surface area contributed by atoms with E-state index in [1.165, 1.54) is 12.5 Å². The third kappa shape index (κ3) is 6.29. The summed E-state index contributed by atoms with van der Waals surface area (Å²) in [4.78, 5) is 11.3. The van der Waals surface area contributed by atoms with Crippen molar-refractivity contribution >= 4 is 5.97 Å². The van der Waals surface area contributed by atoms with Gasteiger partial charge in [-0.05, 0) is 57.0 Å². The molecule has 0 spiro atoms. The van der Waals surface area contributed by atoms with Crippen LogP contribution in [0.4, 0.5) is 0 Å². The van der Waals surface area contributed by atoms with Crippen molar-refractivity contribution in [1.82, 2.24) is 5.32 Å². The number of likely N-dealkylation sites (N-methyl/N-ethyl adjacent to an activating group) is 1. The minimum atomic E-state index is -0.385. The Morgan fingerprint density at radius 3 is 2.70 bits per heavy atom. The summed E-state index contributed by atoms with van der Waals surface area (Å²) in [5.41, 5.74) is 2.23. The average molecular weight is 371 g/mol. The molecule has 0 unspecified atom stereocenters. The number of hydrogen-bond acceptors (Lipinski definition) is 5. The SMILES string of the molecule is C/C=C(/OCc1ccc(OC)c(OC(C)=O)c1)[C@H](CC1=CCCC=C1)NC. The molecule has 0 bridgehead atoms. The Balaban J connectivity index is 2.04. The normalized spacial score (nSPS) is 15.1. The summed E-state index contributed by atoms with van der Waals surface area (Å²) in [6.07, 6.45) is 11.8. The third-order valence-electron chi connectivity index (χ3n) is 4.38. The molecule has 1 aliphatic rings. The number of rotatable bonds is 9. The van der Waals surface area contributed by atoms with Crippen LogP contribution in [0.2, 0.25) is 0 Å². The molecular weight excluding hydrogens is 342 g/mol. The zero-order chi connectivity index (χ0) is 19.6. The highest BCUT2D eigenvalue weighted by molar-refractivity contribution is 5.70. The lowest BCUT2D eigenvalue weighted by Crippen LogP contribution is -2.29. The van der Waals surface area contributed by atoms with Gasteiger partial charge in [-0.25, -0.2) is 0 Å². The highest BCUT2D eigenvalue weighted by atomic mass is 16.6. The average Bonchev–Trinajstić information content (AvgIpc) is 2.68. The van der Waals surface area contributed by atoms with Gasteiger partial charge < -0.3 is 19.5 Å². The summed E-state index contributed by atoms with van der Waals surface area (Å²) < 4.78 is 16.5. The van der Waals surface area contributed by atoms with Crippen molar-refractivity contribution < 1.29 is 19.0 Å². The van der Waals surface area contributed by atoms with E-state index in [2.05, 4.69) is 23.5 Å². The van der Waals surface area contributed by atoms with Crippen LogP contribution in [0.15, 0.2) is 53.8 Å². The molecule has 1 N–H and O–H groups in total. The molecule has 1 atom stereocenters. The summed E-state index contributed by atoms with van der Waals surface area (Å²) >= 11 is 0. The molecule has 0 radical (unpaired) electrons. The number of carbonyl (C=O) groups is 1. The lowest BCUT2D eigenvalue weighted by molar-refractivity contribution is -0.132. The summed E-state index contributed by atoms with van der Waals surface area (Å²) in [5, 5.41) is 3.34. The number of hydrogen-bond donors (Lipinski definition) is 1. The molecule has 5 heteroatoms. The van der Waals surface area contributed by atoms with E-state index < -0.39 is 0 Å². The van der Waals surface area contributed by atoms with Gasteiger partial charge in [-0.15, -0.1) is 0 Å². The van der Waals surface area contributed by atoms with Crippen LogP contribution in [0, 0.1) is 0 Å². The van der Waals surface area contributed by atoms with Crippen molar-refractivity contribution in [1.29, 1.82) is 0 Å². The maximum Gasteiger partial charge on any atom is 0.308 e. The number of benzene rings is 1. The van der Waals surface area contributed by atoms with Crippen molar-refractivity contribution in [2.45, 2.75) is 45.8 Å². The molecule has 1 aromatic rings. The monoisotopic (exact) mass is 371 g/mol. The second kappa shape index (κ2) is 10.6. The lowest BCUT2D eigenvalue weighted by atomic mass is 9.99. The molecule has 27 heavy (non-hydrogen) atoms. The standard InChI is InChI=1S/C22H29NO4/c1-5-20(19(23-3)13-17-9-7-6-8-10-17)26-15-18-11-12-21(25-4)22(14-18)27-16(2)24/h5,7,9-12,14,19,23H,6,8,13,15H2,1-4H3/b20-5+/t19-/m0/s1. The van der Waals surface area contributed by atoms with Gasteiger partial charge in [0.05, 0.1) is 13.2 Å². The fourth-order valence-electron chi connectivity index (χ4n) is 3.00. The number of ether oxygens (including phenoxy) is 3. The largest absolute Gasteiger partial charge is 0.493 e. The maximum atomic E-state index is 11.3.